The molecule has 2 rings (SSSR count). The highest BCUT2D eigenvalue weighted by Crippen LogP contribution is 2.11. The van der Waals surface area contributed by atoms with E-state index in [0.29, 0.717) is 0 Å². The van der Waals surface area contributed by atoms with E-state index in [-0.39, 0.29) is 0 Å². The van der Waals surface area contributed by atoms with Gasteiger partial charge in [0, 0.05) is 0 Å². The predicted octanol–water partition coefficient (Wildman–Crippen LogP) is 3.60. The van der Waals surface area contributed by atoms with Crippen molar-refractivity contribution in [1.82, 2.24) is 5.43 Å². The first-order chi connectivity index (χ1) is 9.88. The summed E-state index contributed by atoms with van der Waals surface area (Å²) in [6.07, 6.45) is 2.83. The van der Waals surface area contributed by atoms with Crippen LogP contribution in [0.4, 0.5) is 0 Å². The summed E-state index contributed by atoms with van der Waals surface area (Å²) in [5, 5.41) is 4.21. The van der Waals surface area contributed by atoms with Crippen molar-refractivity contribution in [2.45, 2.75) is 19.9 Å². The Morgan fingerprint density at radius 3 is 2.50 bits per heavy atom. The Morgan fingerprint density at radius 2 is 1.80 bits per heavy atom. The third-order valence-corrected chi connectivity index (χ3v) is 2.78. The van der Waals surface area contributed by atoms with Crippen molar-refractivity contribution in [2.75, 3.05) is 6.61 Å². The fraction of sp³-hybridized carbons (Fsp3) is 0.235. The number of benzene rings is 2. The van der Waals surface area contributed by atoms with E-state index < -0.39 is 0 Å². The minimum atomic E-state index is 0.731. The molecule has 0 heterocycles. The molecule has 0 unspecified atom stereocenters. The molecule has 1 N–H and O–H groups in total. The van der Waals surface area contributed by atoms with Gasteiger partial charge >= 0.3 is 0 Å². The molecule has 104 valence electrons. The third-order valence-electron chi connectivity index (χ3n) is 2.78. The molecule has 0 spiro atoms. The first-order valence-electron chi connectivity index (χ1n) is 6.91. The van der Waals surface area contributed by atoms with Crippen LogP contribution in [0.3, 0.4) is 0 Å². The molecule has 0 radical (unpaired) electrons. The summed E-state index contributed by atoms with van der Waals surface area (Å²) in [6.45, 7) is 3.58. The van der Waals surface area contributed by atoms with Crippen molar-refractivity contribution < 1.29 is 4.74 Å². The second-order valence-electron chi connectivity index (χ2n) is 4.50. The van der Waals surface area contributed by atoms with Crippen LogP contribution in [-0.4, -0.2) is 12.8 Å². The van der Waals surface area contributed by atoms with Gasteiger partial charge in [-0.2, -0.15) is 5.10 Å². The van der Waals surface area contributed by atoms with E-state index in [2.05, 4.69) is 29.6 Å². The lowest BCUT2D eigenvalue weighted by molar-refractivity contribution is 0.317. The standard InChI is InChI=1S/C17H20N2O/c1-2-12-20-17-10-8-16(9-11-17)14-19-18-13-15-6-4-3-5-7-15/h3-11,14,18H,2,12-13H2,1H3. The largest absolute Gasteiger partial charge is 0.494 e. The highest BCUT2D eigenvalue weighted by molar-refractivity contribution is 5.79. The van der Waals surface area contributed by atoms with Gasteiger partial charge < -0.3 is 10.2 Å². The SMILES string of the molecule is CCCOc1ccc(C=NNCc2ccccc2)cc1. The Hall–Kier alpha value is -2.29. The van der Waals surface area contributed by atoms with Gasteiger partial charge in [0.05, 0.1) is 19.4 Å². The average molecular weight is 268 g/mol. The molecule has 0 aliphatic carbocycles. The van der Waals surface area contributed by atoms with Crippen LogP contribution < -0.4 is 10.2 Å². The van der Waals surface area contributed by atoms with Gasteiger partial charge in [0.25, 0.3) is 0 Å². The van der Waals surface area contributed by atoms with Gasteiger partial charge in [-0.05, 0) is 41.8 Å². The Balaban J connectivity index is 1.79. The highest BCUT2D eigenvalue weighted by Gasteiger charge is 1.93. The number of hydrazone groups is 1. The zero-order valence-corrected chi connectivity index (χ0v) is 11.8. The normalized spacial score (nSPS) is 10.7. The first kappa shape index (κ1) is 14.1. The number of nitrogens with zero attached hydrogens (tertiary/aromatic N) is 1. The monoisotopic (exact) mass is 268 g/mol. The molecule has 3 heteroatoms. The maximum Gasteiger partial charge on any atom is 0.119 e. The second kappa shape index (κ2) is 8.00. The topological polar surface area (TPSA) is 33.6 Å². The van der Waals surface area contributed by atoms with Crippen molar-refractivity contribution in [2.24, 2.45) is 5.10 Å². The lowest BCUT2D eigenvalue weighted by Crippen LogP contribution is -2.05. The Labute approximate surface area is 120 Å². The summed E-state index contributed by atoms with van der Waals surface area (Å²) < 4.78 is 5.53. The Bertz CT molecular complexity index is 520. The van der Waals surface area contributed by atoms with Gasteiger partial charge in [-0.3, -0.25) is 0 Å². The molecule has 0 atom stereocenters. The predicted molar refractivity (Wildman–Crippen MR) is 83.1 cm³/mol. The van der Waals surface area contributed by atoms with Gasteiger partial charge in [0.15, 0.2) is 0 Å². The number of hydrogen-bond acceptors (Lipinski definition) is 3. The van der Waals surface area contributed by atoms with Crippen molar-refractivity contribution in [1.29, 1.82) is 0 Å². The van der Waals surface area contributed by atoms with Crippen molar-refractivity contribution in [3.8, 4) is 5.75 Å². The van der Waals surface area contributed by atoms with Crippen LogP contribution in [0.2, 0.25) is 0 Å². The van der Waals surface area contributed by atoms with E-state index in [4.69, 9.17) is 4.74 Å². The fourth-order valence-electron chi connectivity index (χ4n) is 1.72. The molecular weight excluding hydrogens is 248 g/mol. The van der Waals surface area contributed by atoms with Crippen LogP contribution in [-0.2, 0) is 6.54 Å². The van der Waals surface area contributed by atoms with Crippen molar-refractivity contribution in [3.05, 3.63) is 65.7 Å². The summed E-state index contributed by atoms with van der Waals surface area (Å²) >= 11 is 0. The summed E-state index contributed by atoms with van der Waals surface area (Å²) in [7, 11) is 0. The third kappa shape index (κ3) is 4.76. The minimum Gasteiger partial charge on any atom is -0.494 e. The van der Waals surface area contributed by atoms with Crippen molar-refractivity contribution in [3.63, 3.8) is 0 Å². The maximum atomic E-state index is 5.53. The number of ether oxygens (including phenoxy) is 1. The molecule has 2 aromatic rings. The van der Waals surface area contributed by atoms with Gasteiger partial charge in [-0.15, -0.1) is 0 Å². The van der Waals surface area contributed by atoms with Gasteiger partial charge in [0.2, 0.25) is 0 Å². The average Bonchev–Trinajstić information content (AvgIpc) is 2.52. The van der Waals surface area contributed by atoms with Gasteiger partial charge in [0.1, 0.15) is 5.75 Å². The highest BCUT2D eigenvalue weighted by atomic mass is 16.5. The number of nitrogens with one attached hydrogen (secondary N) is 1. The van der Waals surface area contributed by atoms with Crippen LogP contribution in [0.5, 0.6) is 5.75 Å². The second-order valence-corrected chi connectivity index (χ2v) is 4.50. The molecule has 0 aliphatic rings. The van der Waals surface area contributed by atoms with Crippen LogP contribution in [0.25, 0.3) is 0 Å². The Morgan fingerprint density at radius 1 is 1.05 bits per heavy atom. The fourth-order valence-corrected chi connectivity index (χ4v) is 1.72. The number of rotatable bonds is 7. The van der Waals surface area contributed by atoms with Gasteiger partial charge in [-0.25, -0.2) is 0 Å². The molecule has 0 amide bonds. The summed E-state index contributed by atoms with van der Waals surface area (Å²) in [6, 6.07) is 18.1. The quantitative estimate of drug-likeness (QED) is 0.615. The summed E-state index contributed by atoms with van der Waals surface area (Å²) in [5.74, 6) is 0.904. The van der Waals surface area contributed by atoms with Crippen LogP contribution in [0.1, 0.15) is 24.5 Å². The molecule has 0 bridgehead atoms. The zero-order chi connectivity index (χ0) is 14.0. The van der Waals surface area contributed by atoms with Crippen LogP contribution >= 0.6 is 0 Å². The first-order valence-corrected chi connectivity index (χ1v) is 6.91. The van der Waals surface area contributed by atoms with Gasteiger partial charge in [-0.1, -0.05) is 37.3 Å². The molecule has 2 aromatic carbocycles. The minimum absolute atomic E-state index is 0.731. The van der Waals surface area contributed by atoms with E-state index in [1.165, 1.54) is 5.56 Å². The summed E-state index contributed by atoms with van der Waals surface area (Å²) in [5.41, 5.74) is 5.30. The molecule has 3 nitrogen and oxygen atoms in total. The molecule has 20 heavy (non-hydrogen) atoms. The van der Waals surface area contributed by atoms with E-state index >= 15 is 0 Å². The molecule has 0 fully saturated rings. The lowest BCUT2D eigenvalue weighted by atomic mass is 10.2. The molecule has 0 saturated heterocycles. The van der Waals surface area contributed by atoms with Crippen LogP contribution in [0, 0.1) is 0 Å². The molecule has 0 aliphatic heterocycles. The van der Waals surface area contributed by atoms with Crippen molar-refractivity contribution >= 4 is 6.21 Å². The molecule has 0 aromatic heterocycles. The van der Waals surface area contributed by atoms with Crippen LogP contribution in [0.15, 0.2) is 59.7 Å². The summed E-state index contributed by atoms with van der Waals surface area (Å²) in [4.78, 5) is 0. The van der Waals surface area contributed by atoms with E-state index in [1.807, 2.05) is 48.7 Å². The molecule has 0 saturated carbocycles. The lowest BCUT2D eigenvalue weighted by Gasteiger charge is -2.04. The van der Waals surface area contributed by atoms with E-state index in [1.54, 1.807) is 0 Å². The number of hydrogen-bond donors (Lipinski definition) is 1. The maximum absolute atomic E-state index is 5.53. The zero-order valence-electron chi connectivity index (χ0n) is 11.8. The Kier molecular flexibility index (Phi) is 5.65. The van der Waals surface area contributed by atoms with E-state index in [0.717, 1.165) is 30.9 Å². The smallest absolute Gasteiger partial charge is 0.119 e. The van der Waals surface area contributed by atoms with E-state index in [9.17, 15) is 0 Å². The molecular formula is C17H20N2O.